The van der Waals surface area contributed by atoms with Gasteiger partial charge in [0.05, 0.1) is 27.6 Å². The van der Waals surface area contributed by atoms with Crippen molar-refractivity contribution >= 4 is 39.2 Å². The zero-order valence-corrected chi connectivity index (χ0v) is 16.2. The number of ether oxygens (including phenoxy) is 1. The molecule has 0 atom stereocenters. The highest BCUT2D eigenvalue weighted by Crippen LogP contribution is 2.28. The molecule has 0 aliphatic heterocycles. The van der Waals surface area contributed by atoms with E-state index in [1.54, 1.807) is 25.1 Å². The Balaban J connectivity index is 2.34. The molecule has 0 bridgehead atoms. The predicted molar refractivity (Wildman–Crippen MR) is 97.6 cm³/mol. The Bertz CT molecular complexity index is 913. The lowest BCUT2D eigenvalue weighted by atomic mass is 10.1. The lowest BCUT2D eigenvalue weighted by molar-refractivity contribution is 0.0600. The third-order valence-electron chi connectivity index (χ3n) is 3.71. The van der Waals surface area contributed by atoms with Crippen LogP contribution < -0.4 is 0 Å². The van der Waals surface area contributed by atoms with Gasteiger partial charge in [-0.25, -0.2) is 13.2 Å². The number of carbonyl (C=O) groups excluding carboxylic acids is 1. The van der Waals surface area contributed by atoms with Crippen molar-refractivity contribution in [1.29, 1.82) is 0 Å². The molecule has 0 fully saturated rings. The maximum absolute atomic E-state index is 12.8. The van der Waals surface area contributed by atoms with Gasteiger partial charge < -0.3 is 4.74 Å². The van der Waals surface area contributed by atoms with Gasteiger partial charge in [-0.3, -0.25) is 0 Å². The van der Waals surface area contributed by atoms with Crippen molar-refractivity contribution in [1.82, 2.24) is 4.31 Å². The van der Waals surface area contributed by atoms with Gasteiger partial charge in [-0.05, 0) is 42.3 Å². The number of rotatable bonds is 5. The molecule has 134 valence electrons. The first kappa shape index (κ1) is 19.7. The van der Waals surface area contributed by atoms with E-state index in [-0.39, 0.29) is 11.4 Å². The van der Waals surface area contributed by atoms with Crippen LogP contribution in [0.1, 0.15) is 21.5 Å². The number of carbonyl (C=O) groups is 1. The number of esters is 1. The fourth-order valence-corrected chi connectivity index (χ4v) is 4.08. The highest BCUT2D eigenvalue weighted by molar-refractivity contribution is 7.89. The summed E-state index contributed by atoms with van der Waals surface area (Å²) in [6.45, 7) is 1.69. The lowest BCUT2D eigenvalue weighted by Crippen LogP contribution is -2.27. The van der Waals surface area contributed by atoms with E-state index in [2.05, 4.69) is 4.74 Å². The minimum Gasteiger partial charge on any atom is -0.465 e. The smallest absolute Gasteiger partial charge is 0.337 e. The second-order valence-electron chi connectivity index (χ2n) is 5.45. The monoisotopic (exact) mass is 401 g/mol. The first-order valence-electron chi connectivity index (χ1n) is 7.26. The van der Waals surface area contributed by atoms with Crippen molar-refractivity contribution < 1.29 is 17.9 Å². The molecule has 0 unspecified atom stereocenters. The van der Waals surface area contributed by atoms with E-state index in [4.69, 9.17) is 23.2 Å². The number of methoxy groups -OCH3 is 1. The first-order chi connectivity index (χ1) is 11.7. The van der Waals surface area contributed by atoms with Crippen molar-refractivity contribution in [3.05, 3.63) is 63.1 Å². The minimum absolute atomic E-state index is 0.0694. The summed E-state index contributed by atoms with van der Waals surface area (Å²) in [6, 6.07) is 9.36. The quantitative estimate of drug-likeness (QED) is 0.712. The number of benzene rings is 2. The lowest BCUT2D eigenvalue weighted by Gasteiger charge is -2.19. The average molecular weight is 402 g/mol. The Morgan fingerprint density at radius 2 is 1.88 bits per heavy atom. The number of aryl methyl sites for hydroxylation is 1. The van der Waals surface area contributed by atoms with E-state index in [1.807, 2.05) is 0 Å². The zero-order valence-electron chi connectivity index (χ0n) is 13.9. The number of halogens is 2. The highest BCUT2D eigenvalue weighted by atomic mass is 35.5. The fraction of sp³-hybridized carbons (Fsp3) is 0.235. The maximum Gasteiger partial charge on any atom is 0.337 e. The summed E-state index contributed by atoms with van der Waals surface area (Å²) in [5.41, 5.74) is 1.34. The van der Waals surface area contributed by atoms with Crippen LogP contribution in [0.4, 0.5) is 0 Å². The molecule has 0 aromatic heterocycles. The van der Waals surface area contributed by atoms with Crippen LogP contribution in [-0.4, -0.2) is 32.8 Å². The van der Waals surface area contributed by atoms with Crippen molar-refractivity contribution in [2.45, 2.75) is 18.4 Å². The summed E-state index contributed by atoms with van der Waals surface area (Å²) in [7, 11) is -1.04. The van der Waals surface area contributed by atoms with Gasteiger partial charge in [0.1, 0.15) is 0 Å². The van der Waals surface area contributed by atoms with E-state index < -0.39 is 16.0 Å². The van der Waals surface area contributed by atoms with Crippen molar-refractivity contribution in [2.24, 2.45) is 0 Å². The van der Waals surface area contributed by atoms with Crippen LogP contribution >= 0.6 is 23.2 Å². The molecule has 5 nitrogen and oxygen atoms in total. The van der Waals surface area contributed by atoms with Crippen LogP contribution in [0, 0.1) is 6.92 Å². The van der Waals surface area contributed by atoms with E-state index in [1.165, 1.54) is 36.7 Å². The molecule has 0 spiro atoms. The molecule has 2 rings (SSSR count). The van der Waals surface area contributed by atoms with Crippen LogP contribution in [-0.2, 0) is 21.3 Å². The number of hydrogen-bond donors (Lipinski definition) is 0. The summed E-state index contributed by atoms with van der Waals surface area (Å²) in [5.74, 6) is -0.522. The molecule has 0 N–H and O–H groups in total. The highest BCUT2D eigenvalue weighted by Gasteiger charge is 2.24. The standard InChI is InChI=1S/C17H17Cl2NO4S/c1-11-9-12(17(21)24-3)7-8-15(11)25(22,23)20(2)10-13-5-4-6-14(18)16(13)19/h4-9H,10H2,1-3H3. The number of hydrogen-bond acceptors (Lipinski definition) is 4. The second kappa shape index (κ2) is 7.74. The molecule has 0 aliphatic rings. The molecule has 0 aliphatic carbocycles. The van der Waals surface area contributed by atoms with Crippen molar-refractivity contribution in [3.8, 4) is 0 Å². The zero-order chi connectivity index (χ0) is 18.8. The second-order valence-corrected chi connectivity index (χ2v) is 8.24. The summed E-state index contributed by atoms with van der Waals surface area (Å²) >= 11 is 12.1. The average Bonchev–Trinajstić information content (AvgIpc) is 2.57. The van der Waals surface area contributed by atoms with Crippen molar-refractivity contribution in [2.75, 3.05) is 14.2 Å². The molecule has 0 amide bonds. The maximum atomic E-state index is 12.8. The van der Waals surface area contributed by atoms with E-state index >= 15 is 0 Å². The third kappa shape index (κ3) is 4.15. The van der Waals surface area contributed by atoms with Crippen LogP contribution in [0.2, 0.25) is 10.0 Å². The molecule has 2 aromatic carbocycles. The van der Waals surface area contributed by atoms with Crippen LogP contribution in [0.25, 0.3) is 0 Å². The topological polar surface area (TPSA) is 63.7 Å². The molecule has 8 heteroatoms. The van der Waals surface area contributed by atoms with Crippen LogP contribution in [0.15, 0.2) is 41.3 Å². The summed E-state index contributed by atoms with van der Waals surface area (Å²) in [6.07, 6.45) is 0. The normalized spacial score (nSPS) is 11.6. The SMILES string of the molecule is COC(=O)c1ccc(S(=O)(=O)N(C)Cc2cccc(Cl)c2Cl)c(C)c1. The Hall–Kier alpha value is -1.60. The first-order valence-corrected chi connectivity index (χ1v) is 9.46. The Morgan fingerprint density at radius 3 is 2.48 bits per heavy atom. The van der Waals surface area contributed by atoms with Gasteiger partial charge in [-0.2, -0.15) is 4.31 Å². The predicted octanol–water partition coefficient (Wildman–Crippen LogP) is 3.91. The summed E-state index contributed by atoms with van der Waals surface area (Å²) < 4.78 is 31.5. The van der Waals surface area contributed by atoms with Gasteiger partial charge in [0, 0.05) is 13.6 Å². The molecule has 2 aromatic rings. The molecule has 0 saturated carbocycles. The van der Waals surface area contributed by atoms with Gasteiger partial charge in [0.2, 0.25) is 10.0 Å². The molecule has 25 heavy (non-hydrogen) atoms. The van der Waals surface area contributed by atoms with Gasteiger partial charge in [0.15, 0.2) is 0 Å². The van der Waals surface area contributed by atoms with Crippen LogP contribution in [0.3, 0.4) is 0 Å². The van der Waals surface area contributed by atoms with Crippen molar-refractivity contribution in [3.63, 3.8) is 0 Å². The van der Waals surface area contributed by atoms with Crippen LogP contribution in [0.5, 0.6) is 0 Å². The molecular weight excluding hydrogens is 385 g/mol. The Morgan fingerprint density at radius 1 is 1.20 bits per heavy atom. The number of sulfonamides is 1. The molecule has 0 heterocycles. The minimum atomic E-state index is -3.77. The molecular formula is C17H17Cl2NO4S. The summed E-state index contributed by atoms with van der Waals surface area (Å²) in [4.78, 5) is 11.7. The fourth-order valence-electron chi connectivity index (χ4n) is 2.35. The van der Waals surface area contributed by atoms with Gasteiger partial charge in [-0.15, -0.1) is 0 Å². The number of nitrogens with zero attached hydrogens (tertiary/aromatic N) is 1. The van der Waals surface area contributed by atoms with Gasteiger partial charge >= 0.3 is 5.97 Å². The largest absolute Gasteiger partial charge is 0.465 e. The van der Waals surface area contributed by atoms with E-state index in [0.717, 1.165) is 0 Å². The molecule has 0 saturated heterocycles. The third-order valence-corrected chi connectivity index (χ3v) is 6.53. The Labute approximate surface area is 157 Å². The van der Waals surface area contributed by atoms with Gasteiger partial charge in [0.25, 0.3) is 0 Å². The Kier molecular flexibility index (Phi) is 6.11. The molecule has 0 radical (unpaired) electrons. The summed E-state index contributed by atoms with van der Waals surface area (Å²) in [5, 5.41) is 0.688. The van der Waals surface area contributed by atoms with E-state index in [0.29, 0.717) is 26.7 Å². The van der Waals surface area contributed by atoms with E-state index in [9.17, 15) is 13.2 Å². The van der Waals surface area contributed by atoms with Gasteiger partial charge in [-0.1, -0.05) is 35.3 Å².